The molecule has 0 spiro atoms. The molecule has 0 aromatic carbocycles. The highest BCUT2D eigenvalue weighted by atomic mass is 19.3. The van der Waals surface area contributed by atoms with Crippen molar-refractivity contribution in [3.63, 3.8) is 0 Å². The normalized spacial score (nSPS) is 20.6. The van der Waals surface area contributed by atoms with Crippen LogP contribution in [0.15, 0.2) is 4.99 Å². The SMILES string of the molecule is Cc1nnc(CN=C(NC2CCCC2)NC2CCN(CC(F)F)CC2)n1C. The second kappa shape index (κ2) is 9.43. The van der Waals surface area contributed by atoms with Crippen LogP contribution >= 0.6 is 0 Å². The minimum absolute atomic E-state index is 0.125. The van der Waals surface area contributed by atoms with Gasteiger partial charge in [0.25, 0.3) is 6.43 Å². The van der Waals surface area contributed by atoms with E-state index in [1.807, 2.05) is 23.4 Å². The highest BCUT2D eigenvalue weighted by Gasteiger charge is 2.23. The van der Waals surface area contributed by atoms with Crippen LogP contribution in [-0.4, -0.2) is 63.8 Å². The van der Waals surface area contributed by atoms with Crippen molar-refractivity contribution in [3.05, 3.63) is 11.6 Å². The number of likely N-dealkylation sites (tertiary alicyclic amines) is 1. The molecule has 7 nitrogen and oxygen atoms in total. The van der Waals surface area contributed by atoms with Crippen molar-refractivity contribution in [1.82, 2.24) is 30.3 Å². The number of alkyl halides is 2. The second-order valence-corrected chi connectivity index (χ2v) is 7.62. The van der Waals surface area contributed by atoms with E-state index in [1.165, 1.54) is 12.8 Å². The smallest absolute Gasteiger partial charge is 0.251 e. The first-order valence-electron chi connectivity index (χ1n) is 9.94. The maximum Gasteiger partial charge on any atom is 0.251 e. The predicted octanol–water partition coefficient (Wildman–Crippen LogP) is 1.83. The molecule has 1 saturated carbocycles. The summed E-state index contributed by atoms with van der Waals surface area (Å²) in [5.41, 5.74) is 0. The number of guanidine groups is 1. The van der Waals surface area contributed by atoms with Gasteiger partial charge in [-0.1, -0.05) is 12.8 Å². The van der Waals surface area contributed by atoms with Crippen molar-refractivity contribution >= 4 is 5.96 Å². The first-order chi connectivity index (χ1) is 13.0. The largest absolute Gasteiger partial charge is 0.354 e. The van der Waals surface area contributed by atoms with E-state index in [0.29, 0.717) is 25.7 Å². The number of aromatic nitrogens is 3. The van der Waals surface area contributed by atoms with Gasteiger partial charge in [-0.15, -0.1) is 10.2 Å². The van der Waals surface area contributed by atoms with Crippen LogP contribution in [0, 0.1) is 6.92 Å². The zero-order chi connectivity index (χ0) is 19.2. The van der Waals surface area contributed by atoms with E-state index in [-0.39, 0.29) is 12.6 Å². The Morgan fingerprint density at radius 3 is 2.30 bits per heavy atom. The monoisotopic (exact) mass is 383 g/mol. The highest BCUT2D eigenvalue weighted by Crippen LogP contribution is 2.18. The molecule has 0 unspecified atom stereocenters. The molecule has 0 amide bonds. The van der Waals surface area contributed by atoms with Gasteiger partial charge in [0.15, 0.2) is 11.8 Å². The van der Waals surface area contributed by atoms with Gasteiger partial charge in [0.2, 0.25) is 0 Å². The standard InChI is InChI=1S/C18H31F2N7/c1-13-24-25-17(26(13)2)11-21-18(22-14-5-3-4-6-14)23-15-7-9-27(10-8-15)12-16(19)20/h14-16H,3-12H2,1-2H3,(H2,21,22,23). The van der Waals surface area contributed by atoms with Gasteiger partial charge < -0.3 is 15.2 Å². The first kappa shape index (κ1) is 20.0. The number of halogens is 2. The molecule has 3 rings (SSSR count). The van der Waals surface area contributed by atoms with Crippen LogP contribution in [-0.2, 0) is 13.6 Å². The summed E-state index contributed by atoms with van der Waals surface area (Å²) in [6, 6.07) is 0.712. The van der Waals surface area contributed by atoms with Gasteiger partial charge >= 0.3 is 0 Å². The minimum Gasteiger partial charge on any atom is -0.354 e. The number of hydrogen-bond acceptors (Lipinski definition) is 4. The summed E-state index contributed by atoms with van der Waals surface area (Å²) in [6.07, 6.45) is 4.26. The van der Waals surface area contributed by atoms with Crippen molar-refractivity contribution in [3.8, 4) is 0 Å². The van der Waals surface area contributed by atoms with Gasteiger partial charge in [-0.25, -0.2) is 13.8 Å². The Hall–Kier alpha value is -1.77. The molecule has 9 heteroatoms. The molecule has 1 aliphatic carbocycles. The molecule has 1 aliphatic heterocycles. The molecule has 2 N–H and O–H groups in total. The summed E-state index contributed by atoms with van der Waals surface area (Å²) in [5.74, 6) is 2.49. The van der Waals surface area contributed by atoms with Crippen molar-refractivity contribution < 1.29 is 8.78 Å². The maximum absolute atomic E-state index is 12.6. The number of piperidine rings is 1. The highest BCUT2D eigenvalue weighted by molar-refractivity contribution is 5.80. The Kier molecular flexibility index (Phi) is 6.98. The summed E-state index contributed by atoms with van der Waals surface area (Å²) in [6.45, 7) is 3.65. The fraction of sp³-hybridized carbons (Fsp3) is 0.833. The number of hydrogen-bond donors (Lipinski definition) is 2. The van der Waals surface area contributed by atoms with Gasteiger partial charge in [-0.2, -0.15) is 0 Å². The number of aryl methyl sites for hydroxylation is 1. The molecule has 1 saturated heterocycles. The lowest BCUT2D eigenvalue weighted by Gasteiger charge is -2.33. The number of rotatable bonds is 6. The molecule has 2 heterocycles. The van der Waals surface area contributed by atoms with Crippen molar-refractivity contribution in [1.29, 1.82) is 0 Å². The van der Waals surface area contributed by atoms with E-state index in [9.17, 15) is 8.78 Å². The fourth-order valence-electron chi connectivity index (χ4n) is 3.78. The topological polar surface area (TPSA) is 70.4 Å². The van der Waals surface area contributed by atoms with Crippen LogP contribution in [0.5, 0.6) is 0 Å². The molecule has 0 bridgehead atoms. The van der Waals surface area contributed by atoms with Gasteiger partial charge in [0, 0.05) is 32.2 Å². The van der Waals surface area contributed by atoms with Crippen molar-refractivity contribution in [2.45, 2.75) is 70.5 Å². The summed E-state index contributed by atoms with van der Waals surface area (Å²) in [5, 5.41) is 15.3. The molecular formula is C18H31F2N7. The Morgan fingerprint density at radius 2 is 1.74 bits per heavy atom. The van der Waals surface area contributed by atoms with Crippen LogP contribution in [0.1, 0.15) is 50.2 Å². The minimum atomic E-state index is -2.26. The Bertz CT molecular complexity index is 617. The van der Waals surface area contributed by atoms with E-state index in [4.69, 9.17) is 4.99 Å². The van der Waals surface area contributed by atoms with Gasteiger partial charge in [-0.3, -0.25) is 4.90 Å². The van der Waals surface area contributed by atoms with Crippen LogP contribution in [0.4, 0.5) is 8.78 Å². The molecule has 2 aliphatic rings. The Labute approximate surface area is 159 Å². The quantitative estimate of drug-likeness (QED) is 0.579. The lowest BCUT2D eigenvalue weighted by atomic mass is 10.1. The molecule has 1 aromatic rings. The molecule has 152 valence electrons. The van der Waals surface area contributed by atoms with Crippen molar-refractivity contribution in [2.24, 2.45) is 12.0 Å². The first-order valence-corrected chi connectivity index (χ1v) is 9.94. The average molecular weight is 383 g/mol. The molecular weight excluding hydrogens is 352 g/mol. The van der Waals surface area contributed by atoms with E-state index in [0.717, 1.165) is 43.3 Å². The van der Waals surface area contributed by atoms with E-state index in [1.54, 1.807) is 0 Å². The second-order valence-electron chi connectivity index (χ2n) is 7.62. The third-order valence-corrected chi connectivity index (χ3v) is 5.58. The summed E-state index contributed by atoms with van der Waals surface area (Å²) < 4.78 is 27.0. The maximum atomic E-state index is 12.6. The Balaban J connectivity index is 1.58. The van der Waals surface area contributed by atoms with Crippen LogP contribution in [0.3, 0.4) is 0 Å². The molecule has 1 aromatic heterocycles. The average Bonchev–Trinajstić information content (AvgIpc) is 3.25. The van der Waals surface area contributed by atoms with E-state index < -0.39 is 6.43 Å². The summed E-state index contributed by atoms with van der Waals surface area (Å²) >= 11 is 0. The van der Waals surface area contributed by atoms with Gasteiger partial charge in [0.1, 0.15) is 12.4 Å². The van der Waals surface area contributed by atoms with Crippen LogP contribution in [0.25, 0.3) is 0 Å². The molecule has 0 atom stereocenters. The van der Waals surface area contributed by atoms with Gasteiger partial charge in [0.05, 0.1) is 6.54 Å². The van der Waals surface area contributed by atoms with Gasteiger partial charge in [-0.05, 0) is 32.6 Å². The third kappa shape index (κ3) is 5.85. The zero-order valence-electron chi connectivity index (χ0n) is 16.3. The molecule has 0 radical (unpaired) electrons. The fourth-order valence-corrected chi connectivity index (χ4v) is 3.78. The molecule has 27 heavy (non-hydrogen) atoms. The van der Waals surface area contributed by atoms with Crippen LogP contribution in [0.2, 0.25) is 0 Å². The summed E-state index contributed by atoms with van der Waals surface area (Å²) in [4.78, 5) is 6.57. The predicted molar refractivity (Wildman–Crippen MR) is 101 cm³/mol. The zero-order valence-corrected chi connectivity index (χ0v) is 16.3. The Morgan fingerprint density at radius 1 is 1.11 bits per heavy atom. The lowest BCUT2D eigenvalue weighted by Crippen LogP contribution is -2.51. The molecule has 2 fully saturated rings. The summed E-state index contributed by atoms with van der Waals surface area (Å²) in [7, 11) is 1.94. The number of nitrogens with zero attached hydrogens (tertiary/aromatic N) is 5. The third-order valence-electron chi connectivity index (χ3n) is 5.58. The van der Waals surface area contributed by atoms with E-state index >= 15 is 0 Å². The number of aliphatic imine (C=N–C) groups is 1. The lowest BCUT2D eigenvalue weighted by molar-refractivity contribution is 0.0744. The number of nitrogens with one attached hydrogen (secondary N) is 2. The van der Waals surface area contributed by atoms with E-state index in [2.05, 4.69) is 20.8 Å². The van der Waals surface area contributed by atoms with Crippen molar-refractivity contribution in [2.75, 3.05) is 19.6 Å². The van der Waals surface area contributed by atoms with Crippen LogP contribution < -0.4 is 10.6 Å².